The van der Waals surface area contributed by atoms with Crippen molar-refractivity contribution in [1.29, 1.82) is 0 Å². The Bertz CT molecular complexity index is 615. The van der Waals surface area contributed by atoms with Crippen molar-refractivity contribution in [2.24, 2.45) is 0 Å². The molecule has 9 heteroatoms. The molecule has 0 radical (unpaired) electrons. The van der Waals surface area contributed by atoms with Crippen molar-refractivity contribution in [3.05, 3.63) is 17.0 Å². The predicted octanol–water partition coefficient (Wildman–Crippen LogP) is 0.806. The molecule has 2 aromatic heterocycles. The van der Waals surface area contributed by atoms with E-state index in [9.17, 15) is 4.79 Å². The Hall–Kier alpha value is -1.84. The summed E-state index contributed by atoms with van der Waals surface area (Å²) in [5, 5.41) is 13.8. The number of nitrogens with zero attached hydrogens (tertiary/aromatic N) is 4. The van der Waals surface area contributed by atoms with E-state index in [2.05, 4.69) is 20.6 Å². The summed E-state index contributed by atoms with van der Waals surface area (Å²) in [4.78, 5) is 15.9. The first-order chi connectivity index (χ1) is 10.8. The van der Waals surface area contributed by atoms with E-state index in [1.54, 1.807) is 11.0 Å². The van der Waals surface area contributed by atoms with Crippen molar-refractivity contribution < 1.29 is 14.3 Å². The fourth-order valence-electron chi connectivity index (χ4n) is 2.25. The highest BCUT2D eigenvalue weighted by molar-refractivity contribution is 7.17. The van der Waals surface area contributed by atoms with E-state index in [0.29, 0.717) is 43.6 Å². The Labute approximate surface area is 131 Å². The molecule has 1 amide bonds. The SMILES string of the molecule is CCOCC1CN(C(=O)c2ccc(-c3nn[nH]n3)s2)CCO1. The van der Waals surface area contributed by atoms with Crippen LogP contribution in [0.3, 0.4) is 0 Å². The summed E-state index contributed by atoms with van der Waals surface area (Å²) in [6, 6.07) is 3.63. The van der Waals surface area contributed by atoms with Gasteiger partial charge in [-0.2, -0.15) is 5.21 Å². The monoisotopic (exact) mass is 323 g/mol. The topological polar surface area (TPSA) is 93.2 Å². The van der Waals surface area contributed by atoms with Crippen LogP contribution in [0.4, 0.5) is 0 Å². The van der Waals surface area contributed by atoms with Gasteiger partial charge in [-0.15, -0.1) is 21.5 Å². The van der Waals surface area contributed by atoms with Gasteiger partial charge in [0.15, 0.2) is 0 Å². The van der Waals surface area contributed by atoms with Crippen LogP contribution < -0.4 is 0 Å². The Morgan fingerprint density at radius 2 is 2.50 bits per heavy atom. The van der Waals surface area contributed by atoms with Crippen LogP contribution in [-0.2, 0) is 9.47 Å². The lowest BCUT2D eigenvalue weighted by atomic mass is 10.2. The average Bonchev–Trinajstić information content (AvgIpc) is 3.23. The summed E-state index contributed by atoms with van der Waals surface area (Å²) in [7, 11) is 0. The zero-order valence-corrected chi connectivity index (χ0v) is 13.0. The largest absolute Gasteiger partial charge is 0.379 e. The van der Waals surface area contributed by atoms with Gasteiger partial charge in [-0.05, 0) is 24.3 Å². The summed E-state index contributed by atoms with van der Waals surface area (Å²) in [5.74, 6) is 0.504. The number of ether oxygens (including phenoxy) is 2. The van der Waals surface area contributed by atoms with Crippen molar-refractivity contribution in [3.63, 3.8) is 0 Å². The lowest BCUT2D eigenvalue weighted by molar-refractivity contribution is -0.0596. The minimum atomic E-state index is -0.0608. The maximum Gasteiger partial charge on any atom is 0.264 e. The highest BCUT2D eigenvalue weighted by Crippen LogP contribution is 2.26. The molecule has 8 nitrogen and oxygen atoms in total. The number of nitrogens with one attached hydrogen (secondary N) is 1. The molecule has 3 heterocycles. The van der Waals surface area contributed by atoms with Crippen LogP contribution in [0.2, 0.25) is 0 Å². The van der Waals surface area contributed by atoms with Crippen LogP contribution in [0.25, 0.3) is 10.7 Å². The number of H-pyrrole nitrogens is 1. The number of amides is 1. The zero-order valence-electron chi connectivity index (χ0n) is 12.2. The van der Waals surface area contributed by atoms with E-state index < -0.39 is 0 Å². The fourth-order valence-corrected chi connectivity index (χ4v) is 3.15. The number of hydrogen-bond acceptors (Lipinski definition) is 7. The maximum absolute atomic E-state index is 12.6. The van der Waals surface area contributed by atoms with Gasteiger partial charge in [0.05, 0.1) is 29.1 Å². The van der Waals surface area contributed by atoms with E-state index in [4.69, 9.17) is 9.47 Å². The van der Waals surface area contributed by atoms with Gasteiger partial charge >= 0.3 is 0 Å². The Balaban J connectivity index is 1.66. The number of aromatic nitrogens is 4. The van der Waals surface area contributed by atoms with Crippen molar-refractivity contribution in [2.45, 2.75) is 13.0 Å². The molecule has 1 N–H and O–H groups in total. The third kappa shape index (κ3) is 3.32. The maximum atomic E-state index is 12.6. The number of morpholine rings is 1. The predicted molar refractivity (Wildman–Crippen MR) is 79.6 cm³/mol. The highest BCUT2D eigenvalue weighted by Gasteiger charge is 2.26. The minimum absolute atomic E-state index is 0.00421. The van der Waals surface area contributed by atoms with Crippen LogP contribution in [0, 0.1) is 0 Å². The van der Waals surface area contributed by atoms with Crippen molar-refractivity contribution in [1.82, 2.24) is 25.5 Å². The molecule has 1 fully saturated rings. The molecule has 1 atom stereocenters. The molecule has 0 aromatic carbocycles. The van der Waals surface area contributed by atoms with Crippen molar-refractivity contribution >= 4 is 17.2 Å². The van der Waals surface area contributed by atoms with Crippen LogP contribution in [0.5, 0.6) is 0 Å². The van der Waals surface area contributed by atoms with E-state index in [1.165, 1.54) is 11.3 Å². The third-order valence-electron chi connectivity index (χ3n) is 3.32. The molecule has 22 heavy (non-hydrogen) atoms. The first-order valence-electron chi connectivity index (χ1n) is 7.10. The summed E-state index contributed by atoms with van der Waals surface area (Å²) < 4.78 is 11.0. The lowest BCUT2D eigenvalue weighted by Crippen LogP contribution is -2.47. The van der Waals surface area contributed by atoms with Crippen LogP contribution in [-0.4, -0.2) is 70.4 Å². The van der Waals surface area contributed by atoms with Gasteiger partial charge in [-0.3, -0.25) is 4.79 Å². The molecule has 2 aromatic rings. The molecule has 0 bridgehead atoms. The van der Waals surface area contributed by atoms with Crippen LogP contribution >= 0.6 is 11.3 Å². The Morgan fingerprint density at radius 1 is 1.59 bits per heavy atom. The summed E-state index contributed by atoms with van der Waals surface area (Å²) in [6.45, 7) is 4.78. The molecular weight excluding hydrogens is 306 g/mol. The van der Waals surface area contributed by atoms with Gasteiger partial charge < -0.3 is 14.4 Å². The molecule has 1 aliphatic rings. The number of rotatable bonds is 5. The standard InChI is InChI=1S/C13H17N5O3S/c1-2-20-8-9-7-18(5-6-21-9)13(19)11-4-3-10(22-11)12-14-16-17-15-12/h3-4,9H,2,5-8H2,1H3,(H,14,15,16,17). The number of tetrazole rings is 1. The Kier molecular flexibility index (Phi) is 4.76. The van der Waals surface area contributed by atoms with Gasteiger partial charge in [0, 0.05) is 19.7 Å². The van der Waals surface area contributed by atoms with Gasteiger partial charge in [0.1, 0.15) is 0 Å². The minimum Gasteiger partial charge on any atom is -0.379 e. The third-order valence-corrected chi connectivity index (χ3v) is 4.39. The smallest absolute Gasteiger partial charge is 0.264 e. The fraction of sp³-hybridized carbons (Fsp3) is 0.538. The second-order valence-electron chi connectivity index (χ2n) is 4.80. The molecule has 1 unspecified atom stereocenters. The summed E-state index contributed by atoms with van der Waals surface area (Å²) in [6.07, 6.45) is -0.0608. The van der Waals surface area contributed by atoms with E-state index in [0.717, 1.165) is 4.88 Å². The van der Waals surface area contributed by atoms with E-state index >= 15 is 0 Å². The highest BCUT2D eigenvalue weighted by atomic mass is 32.1. The normalized spacial score (nSPS) is 18.6. The molecule has 118 valence electrons. The molecule has 0 spiro atoms. The molecular formula is C13H17N5O3S. The average molecular weight is 323 g/mol. The Morgan fingerprint density at radius 3 is 3.27 bits per heavy atom. The van der Waals surface area contributed by atoms with E-state index in [-0.39, 0.29) is 12.0 Å². The van der Waals surface area contributed by atoms with Gasteiger partial charge in [-0.1, -0.05) is 0 Å². The lowest BCUT2D eigenvalue weighted by Gasteiger charge is -2.32. The summed E-state index contributed by atoms with van der Waals surface area (Å²) in [5.41, 5.74) is 0. The zero-order chi connectivity index (χ0) is 15.4. The summed E-state index contributed by atoms with van der Waals surface area (Å²) >= 11 is 1.36. The molecule has 1 saturated heterocycles. The van der Waals surface area contributed by atoms with Crippen LogP contribution in [0.1, 0.15) is 16.6 Å². The molecule has 0 saturated carbocycles. The number of hydrogen-bond donors (Lipinski definition) is 1. The number of carbonyl (C=O) groups is 1. The number of aromatic amines is 1. The van der Waals surface area contributed by atoms with Crippen molar-refractivity contribution in [2.75, 3.05) is 32.9 Å². The van der Waals surface area contributed by atoms with Crippen LogP contribution in [0.15, 0.2) is 12.1 Å². The number of carbonyl (C=O) groups excluding carboxylic acids is 1. The van der Waals surface area contributed by atoms with Gasteiger partial charge in [-0.25, -0.2) is 0 Å². The number of thiophene rings is 1. The van der Waals surface area contributed by atoms with Gasteiger partial charge in [0.2, 0.25) is 5.82 Å². The first-order valence-corrected chi connectivity index (χ1v) is 7.92. The van der Waals surface area contributed by atoms with Crippen molar-refractivity contribution in [3.8, 4) is 10.7 Å². The first kappa shape index (κ1) is 15.1. The second kappa shape index (κ2) is 6.95. The molecule has 0 aliphatic carbocycles. The van der Waals surface area contributed by atoms with Gasteiger partial charge in [0.25, 0.3) is 5.91 Å². The second-order valence-corrected chi connectivity index (χ2v) is 5.89. The molecule has 1 aliphatic heterocycles. The quantitative estimate of drug-likeness (QED) is 0.875. The van der Waals surface area contributed by atoms with E-state index in [1.807, 2.05) is 13.0 Å². The molecule has 3 rings (SSSR count).